The van der Waals surface area contributed by atoms with Gasteiger partial charge in [0.05, 0.1) is 6.61 Å². The normalized spacial score (nSPS) is 20.1. The molecule has 1 unspecified atom stereocenters. The third-order valence-electron chi connectivity index (χ3n) is 5.23. The predicted octanol–water partition coefficient (Wildman–Crippen LogP) is 0.852. The molecule has 2 aliphatic heterocycles. The first kappa shape index (κ1) is 28.5. The lowest BCUT2D eigenvalue weighted by Gasteiger charge is -2.49. The van der Waals surface area contributed by atoms with Gasteiger partial charge in [-0.15, -0.1) is 23.5 Å². The summed E-state index contributed by atoms with van der Waals surface area (Å²) in [5.41, 5.74) is 10.5. The van der Waals surface area contributed by atoms with E-state index >= 15 is 0 Å². The minimum atomic E-state index is -1.29. The van der Waals surface area contributed by atoms with Gasteiger partial charge >= 0.3 is 5.97 Å². The van der Waals surface area contributed by atoms with Crippen molar-refractivity contribution in [1.29, 1.82) is 0 Å². The van der Waals surface area contributed by atoms with Crippen LogP contribution in [0.25, 0.3) is 0 Å². The molecule has 2 amide bonds. The molecule has 2 aromatic heterocycles. The van der Waals surface area contributed by atoms with Crippen molar-refractivity contribution >= 4 is 86.9 Å². The number of hydrogen-bond donors (Lipinski definition) is 6. The predicted molar refractivity (Wildman–Crippen MR) is 145 cm³/mol. The fourth-order valence-corrected chi connectivity index (χ4v) is 8.02. The number of aliphatic hydroxyl groups excluding tert-OH is 1. The maximum absolute atomic E-state index is 13.0. The third kappa shape index (κ3) is 5.73. The van der Waals surface area contributed by atoms with Crippen LogP contribution in [0.5, 0.6) is 0 Å². The highest BCUT2D eigenvalue weighted by molar-refractivity contribution is 8.07. The minimum absolute atomic E-state index is 0.0313. The Morgan fingerprint density at radius 2 is 2.16 bits per heavy atom. The van der Waals surface area contributed by atoms with Crippen molar-refractivity contribution in [2.45, 2.75) is 27.2 Å². The molecule has 0 aromatic carbocycles. The van der Waals surface area contributed by atoms with E-state index in [2.05, 4.69) is 20.4 Å². The van der Waals surface area contributed by atoms with Crippen molar-refractivity contribution < 1.29 is 29.8 Å². The fourth-order valence-electron chi connectivity index (χ4n) is 3.48. The largest absolute Gasteiger partial charge is 0.477 e. The summed E-state index contributed by atoms with van der Waals surface area (Å²) in [6.45, 7) is -0.173. The summed E-state index contributed by atoms with van der Waals surface area (Å²) in [6.07, 6.45) is 3.20. The number of fused-ring (bicyclic) bond motifs is 1. The molecule has 2 aliphatic rings. The van der Waals surface area contributed by atoms with Gasteiger partial charge in [0.2, 0.25) is 0 Å². The summed E-state index contributed by atoms with van der Waals surface area (Å²) < 4.78 is 0.0313. The molecule has 13 nitrogen and oxygen atoms in total. The fraction of sp³-hybridized carbons (Fsp3) is 0.300. The number of aromatic nitrogens is 2. The van der Waals surface area contributed by atoms with Gasteiger partial charge in [-0.25, -0.2) is 9.78 Å². The second-order valence-electron chi connectivity index (χ2n) is 7.74. The molecule has 3 atom stereocenters. The zero-order chi connectivity index (χ0) is 27.6. The Balaban J connectivity index is 1.52. The van der Waals surface area contributed by atoms with Crippen molar-refractivity contribution in [3.8, 4) is 0 Å². The van der Waals surface area contributed by atoms with Gasteiger partial charge in [-0.05, 0) is 6.07 Å². The number of aliphatic carboxylic acids is 1. The average Bonchev–Trinajstić information content (AvgIpc) is 3.23. The van der Waals surface area contributed by atoms with Gasteiger partial charge in [0.1, 0.15) is 27.1 Å². The van der Waals surface area contributed by atoms with Crippen LogP contribution in [-0.2, 0) is 14.4 Å². The topological polar surface area (TPSA) is 217 Å². The summed E-state index contributed by atoms with van der Waals surface area (Å²) in [4.78, 5) is 49.0. The first-order valence-corrected chi connectivity index (χ1v) is 14.7. The number of thioether (sulfide) groups is 3. The van der Waals surface area contributed by atoms with E-state index in [-0.39, 0.29) is 33.2 Å². The summed E-state index contributed by atoms with van der Waals surface area (Å²) in [7, 11) is 0. The number of rotatable bonds is 10. The lowest BCUT2D eigenvalue weighted by molar-refractivity contribution is -0.150. The number of pyridine rings is 1. The molecule has 2 aromatic rings. The molecular weight excluding hydrogens is 598 g/mol. The summed E-state index contributed by atoms with van der Waals surface area (Å²) in [6, 6.07) is 0.240. The van der Waals surface area contributed by atoms with Gasteiger partial charge in [0.15, 0.2) is 10.8 Å². The van der Waals surface area contributed by atoms with Crippen molar-refractivity contribution in [3.05, 3.63) is 39.1 Å². The number of thiazole rings is 1. The molecule has 1 saturated heterocycles. The Bertz CT molecular complexity index is 1340. The second kappa shape index (κ2) is 12.1. The number of nitrogens with two attached hydrogens (primary N) is 2. The van der Waals surface area contributed by atoms with Gasteiger partial charge in [-0.3, -0.25) is 19.5 Å². The zero-order valence-corrected chi connectivity index (χ0v) is 23.1. The van der Waals surface area contributed by atoms with Crippen LogP contribution in [0, 0.1) is 0 Å². The molecule has 1 fully saturated rings. The maximum Gasteiger partial charge on any atom is 0.353 e. The highest BCUT2D eigenvalue weighted by atomic mass is 35.5. The lowest BCUT2D eigenvalue weighted by atomic mass is 10.0. The molecule has 0 aliphatic carbocycles. The molecule has 202 valence electrons. The maximum atomic E-state index is 13.0. The molecular formula is C20H20ClN7O6S4. The molecule has 0 bridgehead atoms. The van der Waals surface area contributed by atoms with Gasteiger partial charge in [-0.1, -0.05) is 39.9 Å². The standard InChI is InChI=1S/C20H20ClN7O6S4/c21-15-11(26-20(23)38-15)12(27-34)16(30)25-13-17(31)28-14(19(32)33)10(6-36-18(13)28)37-8-1-2-24-3-9(8)35-5-7(22)4-29/h1-3,7,13,18,29,34H,4-6,22H2,(H2,23,26)(H,25,30)(H,32,33)/b27-12-/t7?,13-,18-/m1/s1. The van der Waals surface area contributed by atoms with E-state index in [1.165, 1.54) is 35.3 Å². The number of halogens is 1. The molecule has 0 radical (unpaired) electrons. The van der Waals surface area contributed by atoms with Crippen LogP contribution < -0.4 is 16.8 Å². The van der Waals surface area contributed by atoms with Crippen LogP contribution in [0.4, 0.5) is 5.13 Å². The first-order valence-electron chi connectivity index (χ1n) is 10.6. The highest BCUT2D eigenvalue weighted by Gasteiger charge is 2.54. The van der Waals surface area contributed by atoms with Crippen molar-refractivity contribution in [2.24, 2.45) is 10.9 Å². The van der Waals surface area contributed by atoms with E-state index in [0.717, 1.165) is 26.0 Å². The van der Waals surface area contributed by atoms with Gasteiger partial charge < -0.3 is 32.2 Å². The molecule has 38 heavy (non-hydrogen) atoms. The van der Waals surface area contributed by atoms with Crippen LogP contribution in [0.2, 0.25) is 4.34 Å². The zero-order valence-electron chi connectivity index (χ0n) is 19.1. The molecule has 0 saturated carbocycles. The lowest BCUT2D eigenvalue weighted by Crippen LogP contribution is -2.71. The Kier molecular flexibility index (Phi) is 9.07. The highest BCUT2D eigenvalue weighted by Crippen LogP contribution is 2.46. The van der Waals surface area contributed by atoms with E-state index in [1.807, 2.05) is 0 Å². The third-order valence-corrected chi connectivity index (χ3v) is 10.3. The number of carbonyl (C=O) groups excluding carboxylic acids is 2. The van der Waals surface area contributed by atoms with E-state index in [9.17, 15) is 29.8 Å². The Labute approximate surface area is 237 Å². The number of nitrogens with one attached hydrogen (secondary N) is 1. The van der Waals surface area contributed by atoms with Crippen molar-refractivity contribution in [1.82, 2.24) is 20.2 Å². The molecule has 8 N–H and O–H groups in total. The number of nitrogens with zero attached hydrogens (tertiary/aromatic N) is 4. The van der Waals surface area contributed by atoms with Gasteiger partial charge in [0.25, 0.3) is 11.8 Å². The van der Waals surface area contributed by atoms with E-state index < -0.39 is 41.0 Å². The number of nitrogen functional groups attached to an aromatic ring is 1. The number of oxime groups is 1. The summed E-state index contributed by atoms with van der Waals surface area (Å²) >= 11 is 10.7. The monoisotopic (exact) mass is 617 g/mol. The smallest absolute Gasteiger partial charge is 0.353 e. The molecule has 4 heterocycles. The van der Waals surface area contributed by atoms with E-state index in [1.54, 1.807) is 18.5 Å². The summed E-state index contributed by atoms with van der Waals surface area (Å²) in [5, 5.41) is 33.3. The number of hydrogen-bond acceptors (Lipinski definition) is 14. The average molecular weight is 618 g/mol. The molecule has 18 heteroatoms. The first-order chi connectivity index (χ1) is 18.2. The minimum Gasteiger partial charge on any atom is -0.477 e. The van der Waals surface area contributed by atoms with Gasteiger partial charge in [0, 0.05) is 44.6 Å². The van der Waals surface area contributed by atoms with Crippen molar-refractivity contribution in [2.75, 3.05) is 23.8 Å². The number of β-lactam (4-membered cyclic amide) rings is 1. The summed E-state index contributed by atoms with van der Waals surface area (Å²) in [5.74, 6) is -2.15. The van der Waals surface area contributed by atoms with Crippen LogP contribution in [0.15, 0.2) is 44.0 Å². The second-order valence-corrected chi connectivity index (χ2v) is 12.7. The van der Waals surface area contributed by atoms with Crippen LogP contribution >= 0.6 is 58.2 Å². The Morgan fingerprint density at radius 3 is 2.79 bits per heavy atom. The van der Waals surface area contributed by atoms with Crippen LogP contribution in [0.1, 0.15) is 5.69 Å². The Morgan fingerprint density at radius 1 is 1.39 bits per heavy atom. The van der Waals surface area contributed by atoms with Crippen molar-refractivity contribution in [3.63, 3.8) is 0 Å². The molecule has 4 rings (SSSR count). The van der Waals surface area contributed by atoms with Gasteiger partial charge in [-0.2, -0.15) is 0 Å². The Hall–Kier alpha value is -2.54. The van der Waals surface area contributed by atoms with E-state index in [0.29, 0.717) is 10.7 Å². The number of amides is 2. The SMILES string of the molecule is Nc1nc(/C(=N/O)C(=O)N[C@@H]2C(=O)N3C(C(=O)O)=C(Sc4ccncc4SCC(N)CO)CS[C@H]23)c(Cl)s1. The molecule has 0 spiro atoms. The van der Waals surface area contributed by atoms with Crippen LogP contribution in [0.3, 0.4) is 0 Å². The van der Waals surface area contributed by atoms with E-state index in [4.69, 9.17) is 23.1 Å². The number of anilines is 1. The quantitative estimate of drug-likeness (QED) is 0.0717. The number of carbonyl (C=O) groups is 3. The van der Waals surface area contributed by atoms with Crippen LogP contribution in [-0.4, -0.2) is 89.4 Å². The number of carboxylic acid groups (broad SMARTS) is 1. The number of carboxylic acids is 1. The number of aliphatic hydroxyl groups is 1.